The van der Waals surface area contributed by atoms with Gasteiger partial charge < -0.3 is 19.2 Å². The average molecular weight is 337 g/mol. The quantitative estimate of drug-likeness (QED) is 0.778. The van der Waals surface area contributed by atoms with Crippen molar-refractivity contribution in [3.05, 3.63) is 69.6 Å². The van der Waals surface area contributed by atoms with E-state index in [4.69, 9.17) is 9.15 Å². The van der Waals surface area contributed by atoms with Crippen LogP contribution in [0.5, 0.6) is 11.5 Å². The van der Waals surface area contributed by atoms with Crippen LogP contribution in [-0.4, -0.2) is 30.1 Å². The van der Waals surface area contributed by atoms with E-state index >= 15 is 0 Å². The summed E-state index contributed by atoms with van der Waals surface area (Å²) in [6, 6.07) is 11.0. The van der Waals surface area contributed by atoms with Crippen molar-refractivity contribution in [3.8, 4) is 11.5 Å². The van der Waals surface area contributed by atoms with Gasteiger partial charge >= 0.3 is 0 Å². The number of aromatic hydroxyl groups is 1. The van der Waals surface area contributed by atoms with Crippen molar-refractivity contribution in [2.75, 3.05) is 14.2 Å². The fraction of sp³-hybridized carbons (Fsp3) is 0.158. The number of para-hydroxylation sites is 1. The molecule has 6 heteroatoms. The average Bonchev–Trinajstić information content (AvgIpc) is 2.88. The molecular weight excluding hydrogens is 322 g/mol. The normalized spacial score (nSPS) is 16.3. The number of nitrogens with zero attached hydrogens (tertiary/aromatic N) is 1. The van der Waals surface area contributed by atoms with Crippen LogP contribution in [0.15, 0.2) is 51.7 Å². The van der Waals surface area contributed by atoms with Gasteiger partial charge in [0, 0.05) is 7.05 Å². The van der Waals surface area contributed by atoms with Crippen molar-refractivity contribution in [1.29, 1.82) is 0 Å². The van der Waals surface area contributed by atoms with E-state index in [1.807, 2.05) is 0 Å². The van der Waals surface area contributed by atoms with Gasteiger partial charge in [0.2, 0.25) is 5.76 Å². The molecule has 25 heavy (non-hydrogen) atoms. The number of hydrogen-bond acceptors (Lipinski definition) is 5. The van der Waals surface area contributed by atoms with Gasteiger partial charge in [-0.2, -0.15) is 0 Å². The van der Waals surface area contributed by atoms with E-state index < -0.39 is 6.04 Å². The van der Waals surface area contributed by atoms with Crippen molar-refractivity contribution >= 4 is 16.9 Å². The number of fused-ring (bicyclic) bond motifs is 2. The third-order valence-electron chi connectivity index (χ3n) is 4.53. The first-order chi connectivity index (χ1) is 12.0. The zero-order valence-electron chi connectivity index (χ0n) is 13.6. The van der Waals surface area contributed by atoms with Gasteiger partial charge in [0.15, 0.2) is 16.9 Å². The maximum atomic E-state index is 13.0. The molecule has 3 aromatic rings. The van der Waals surface area contributed by atoms with E-state index in [0.29, 0.717) is 22.1 Å². The van der Waals surface area contributed by atoms with Crippen LogP contribution in [0.4, 0.5) is 0 Å². The molecule has 0 radical (unpaired) electrons. The maximum absolute atomic E-state index is 13.0. The second-order valence-electron chi connectivity index (χ2n) is 5.92. The molecule has 0 saturated carbocycles. The monoisotopic (exact) mass is 337 g/mol. The minimum atomic E-state index is -0.599. The number of benzene rings is 2. The topological polar surface area (TPSA) is 80.0 Å². The van der Waals surface area contributed by atoms with Crippen LogP contribution in [0.2, 0.25) is 0 Å². The Morgan fingerprint density at radius 2 is 1.92 bits per heavy atom. The summed E-state index contributed by atoms with van der Waals surface area (Å²) in [4.78, 5) is 27.1. The predicted octanol–water partition coefficient (Wildman–Crippen LogP) is 2.68. The van der Waals surface area contributed by atoms with Crippen LogP contribution < -0.4 is 10.2 Å². The third-order valence-corrected chi connectivity index (χ3v) is 4.53. The summed E-state index contributed by atoms with van der Waals surface area (Å²) >= 11 is 0. The van der Waals surface area contributed by atoms with Gasteiger partial charge in [-0.25, -0.2) is 0 Å². The first kappa shape index (κ1) is 15.3. The summed E-state index contributed by atoms with van der Waals surface area (Å²) in [6.45, 7) is 0. The van der Waals surface area contributed by atoms with Gasteiger partial charge in [0.05, 0.1) is 24.1 Å². The molecule has 126 valence electrons. The Morgan fingerprint density at radius 3 is 2.68 bits per heavy atom. The summed E-state index contributed by atoms with van der Waals surface area (Å²) in [7, 11) is 3.06. The van der Waals surface area contributed by atoms with Gasteiger partial charge in [-0.15, -0.1) is 0 Å². The molecule has 1 unspecified atom stereocenters. The molecule has 1 amide bonds. The van der Waals surface area contributed by atoms with E-state index in [9.17, 15) is 14.7 Å². The summed E-state index contributed by atoms with van der Waals surface area (Å²) in [5.41, 5.74) is 1.12. The molecule has 0 saturated heterocycles. The largest absolute Gasteiger partial charge is 0.504 e. The van der Waals surface area contributed by atoms with Crippen molar-refractivity contribution < 1.29 is 19.1 Å². The molecule has 1 atom stereocenters. The SMILES string of the molecule is COc1cc(C2c3c(oc4ccccc4c3=O)C(=O)N2C)ccc1O. The van der Waals surface area contributed by atoms with E-state index in [-0.39, 0.29) is 28.6 Å². The Morgan fingerprint density at radius 1 is 1.16 bits per heavy atom. The predicted molar refractivity (Wildman–Crippen MR) is 91.1 cm³/mol. The standard InChI is InChI=1S/C19H15NO5/c1-20-16(10-7-8-12(21)14(9-10)24-2)15-17(22)11-5-3-4-6-13(11)25-18(15)19(20)23/h3-9,16,21H,1-2H3. The molecule has 1 N–H and O–H groups in total. The number of methoxy groups -OCH3 is 1. The molecule has 4 rings (SSSR count). The zero-order chi connectivity index (χ0) is 17.7. The lowest BCUT2D eigenvalue weighted by Crippen LogP contribution is -2.25. The molecule has 2 heterocycles. The van der Waals surface area contributed by atoms with Crippen LogP contribution in [0.1, 0.15) is 27.7 Å². The van der Waals surface area contributed by atoms with Gasteiger partial charge in [-0.3, -0.25) is 9.59 Å². The first-order valence-corrected chi connectivity index (χ1v) is 7.72. The molecule has 0 fully saturated rings. The summed E-state index contributed by atoms with van der Waals surface area (Å²) < 4.78 is 10.9. The second-order valence-corrected chi connectivity index (χ2v) is 5.92. The zero-order valence-corrected chi connectivity index (χ0v) is 13.6. The number of phenolic OH excluding ortho intramolecular Hbond substituents is 1. The first-order valence-electron chi connectivity index (χ1n) is 7.72. The lowest BCUT2D eigenvalue weighted by atomic mass is 9.98. The highest BCUT2D eigenvalue weighted by Crippen LogP contribution is 2.39. The Bertz CT molecular complexity index is 1070. The van der Waals surface area contributed by atoms with E-state index in [0.717, 1.165) is 0 Å². The molecule has 0 bridgehead atoms. The van der Waals surface area contributed by atoms with Crippen LogP contribution in [-0.2, 0) is 0 Å². The molecule has 0 aliphatic carbocycles. The van der Waals surface area contributed by atoms with Crippen molar-refractivity contribution in [2.45, 2.75) is 6.04 Å². The molecule has 6 nitrogen and oxygen atoms in total. The lowest BCUT2D eigenvalue weighted by molar-refractivity contribution is 0.0771. The number of carbonyl (C=O) groups is 1. The number of hydrogen-bond donors (Lipinski definition) is 1. The smallest absolute Gasteiger partial charge is 0.290 e. The van der Waals surface area contributed by atoms with Gasteiger partial charge in [-0.05, 0) is 29.8 Å². The minimum Gasteiger partial charge on any atom is -0.504 e. The molecule has 0 spiro atoms. The lowest BCUT2D eigenvalue weighted by Gasteiger charge is -2.21. The van der Waals surface area contributed by atoms with Crippen LogP contribution in [0.25, 0.3) is 11.0 Å². The Balaban J connectivity index is 2.00. The van der Waals surface area contributed by atoms with E-state index in [2.05, 4.69) is 0 Å². The van der Waals surface area contributed by atoms with Crippen molar-refractivity contribution in [1.82, 2.24) is 4.90 Å². The molecular formula is C19H15NO5. The molecule has 1 aliphatic heterocycles. The second kappa shape index (κ2) is 5.37. The third kappa shape index (κ3) is 2.11. The van der Waals surface area contributed by atoms with Crippen molar-refractivity contribution in [3.63, 3.8) is 0 Å². The Hall–Kier alpha value is -3.28. The van der Waals surface area contributed by atoms with Gasteiger partial charge in [0.1, 0.15) is 5.58 Å². The van der Waals surface area contributed by atoms with Crippen molar-refractivity contribution in [2.24, 2.45) is 0 Å². The highest BCUT2D eigenvalue weighted by molar-refractivity contribution is 5.98. The Labute approximate surface area is 142 Å². The summed E-state index contributed by atoms with van der Waals surface area (Å²) in [6.07, 6.45) is 0. The highest BCUT2D eigenvalue weighted by Gasteiger charge is 2.40. The molecule has 2 aromatic carbocycles. The van der Waals surface area contributed by atoms with E-state index in [1.54, 1.807) is 43.4 Å². The molecule has 1 aromatic heterocycles. The van der Waals surface area contributed by atoms with Crippen LogP contribution >= 0.6 is 0 Å². The number of rotatable bonds is 2. The maximum Gasteiger partial charge on any atom is 0.290 e. The summed E-state index contributed by atoms with van der Waals surface area (Å²) in [5, 5.41) is 10.2. The molecule has 1 aliphatic rings. The fourth-order valence-corrected chi connectivity index (χ4v) is 3.29. The van der Waals surface area contributed by atoms with Gasteiger partial charge in [-0.1, -0.05) is 18.2 Å². The number of amides is 1. The van der Waals surface area contributed by atoms with Crippen LogP contribution in [0, 0.1) is 0 Å². The minimum absolute atomic E-state index is 0.0102. The number of ether oxygens (including phenoxy) is 1. The van der Waals surface area contributed by atoms with E-state index in [1.165, 1.54) is 18.1 Å². The van der Waals surface area contributed by atoms with Gasteiger partial charge in [0.25, 0.3) is 5.91 Å². The highest BCUT2D eigenvalue weighted by atomic mass is 16.5. The number of carbonyl (C=O) groups excluding carboxylic acids is 1. The number of phenols is 1. The Kier molecular flexibility index (Phi) is 3.28. The fourth-order valence-electron chi connectivity index (χ4n) is 3.29. The van der Waals surface area contributed by atoms with Crippen LogP contribution in [0.3, 0.4) is 0 Å². The summed E-state index contributed by atoms with van der Waals surface area (Å²) in [5.74, 6) is -0.0286.